The highest BCUT2D eigenvalue weighted by Crippen LogP contribution is 2.26. The number of carbonyl (C=O) groups excluding carboxylic acids is 1. The standard InChI is InChI=1S/C16H26N4O/c1-19(2)16(21)13-8-9-15(18-12-13)20(11-10-17)14-6-4-3-5-7-14/h8-9,12,14H,3-7,10-11,17H2,1-2H3. The normalized spacial score (nSPS) is 15.8. The van der Waals surface area contributed by atoms with E-state index < -0.39 is 0 Å². The number of carbonyl (C=O) groups is 1. The third kappa shape index (κ3) is 3.94. The minimum Gasteiger partial charge on any atom is -0.352 e. The number of aromatic nitrogens is 1. The predicted molar refractivity (Wildman–Crippen MR) is 85.5 cm³/mol. The highest BCUT2D eigenvalue weighted by atomic mass is 16.2. The highest BCUT2D eigenvalue weighted by molar-refractivity contribution is 5.93. The number of anilines is 1. The quantitative estimate of drug-likeness (QED) is 0.899. The van der Waals surface area contributed by atoms with Gasteiger partial charge in [0.2, 0.25) is 0 Å². The summed E-state index contributed by atoms with van der Waals surface area (Å²) in [7, 11) is 3.50. The van der Waals surface area contributed by atoms with E-state index >= 15 is 0 Å². The number of amides is 1. The number of nitrogens with two attached hydrogens (primary N) is 1. The second-order valence-corrected chi connectivity index (χ2v) is 5.88. The van der Waals surface area contributed by atoms with Crippen molar-refractivity contribution >= 4 is 11.7 Å². The summed E-state index contributed by atoms with van der Waals surface area (Å²) in [6.45, 7) is 1.44. The number of rotatable bonds is 5. The third-order valence-corrected chi connectivity index (χ3v) is 4.08. The fourth-order valence-corrected chi connectivity index (χ4v) is 2.96. The van der Waals surface area contributed by atoms with Gasteiger partial charge in [-0.2, -0.15) is 0 Å². The van der Waals surface area contributed by atoms with Gasteiger partial charge in [-0.15, -0.1) is 0 Å². The van der Waals surface area contributed by atoms with Gasteiger partial charge >= 0.3 is 0 Å². The minimum atomic E-state index is -0.0166. The van der Waals surface area contributed by atoms with Crippen LogP contribution in [0.25, 0.3) is 0 Å². The maximum Gasteiger partial charge on any atom is 0.254 e. The first-order valence-corrected chi connectivity index (χ1v) is 7.78. The molecule has 0 atom stereocenters. The molecule has 1 aromatic heterocycles. The van der Waals surface area contributed by atoms with Crippen molar-refractivity contribution in [1.29, 1.82) is 0 Å². The molecule has 0 radical (unpaired) electrons. The maximum atomic E-state index is 11.9. The van der Waals surface area contributed by atoms with E-state index in [9.17, 15) is 4.79 Å². The molecule has 5 heteroatoms. The molecule has 1 amide bonds. The lowest BCUT2D eigenvalue weighted by atomic mass is 9.94. The van der Waals surface area contributed by atoms with Crippen LogP contribution in [0.1, 0.15) is 42.5 Å². The van der Waals surface area contributed by atoms with Crippen molar-refractivity contribution in [2.24, 2.45) is 5.73 Å². The molecule has 2 rings (SSSR count). The van der Waals surface area contributed by atoms with E-state index in [-0.39, 0.29) is 5.91 Å². The Morgan fingerprint density at radius 1 is 1.29 bits per heavy atom. The lowest BCUT2D eigenvalue weighted by Gasteiger charge is -2.35. The SMILES string of the molecule is CN(C)C(=O)c1ccc(N(CCN)C2CCCCC2)nc1. The van der Waals surface area contributed by atoms with Crippen molar-refractivity contribution in [3.8, 4) is 0 Å². The Morgan fingerprint density at radius 3 is 2.52 bits per heavy atom. The van der Waals surface area contributed by atoms with Gasteiger partial charge < -0.3 is 15.5 Å². The molecule has 1 saturated carbocycles. The number of hydrogen-bond acceptors (Lipinski definition) is 4. The number of nitrogens with zero attached hydrogens (tertiary/aromatic N) is 3. The zero-order chi connectivity index (χ0) is 15.2. The van der Waals surface area contributed by atoms with E-state index in [4.69, 9.17) is 5.73 Å². The largest absolute Gasteiger partial charge is 0.352 e. The fraction of sp³-hybridized carbons (Fsp3) is 0.625. The first kappa shape index (κ1) is 15.8. The van der Waals surface area contributed by atoms with Crippen molar-refractivity contribution in [2.45, 2.75) is 38.1 Å². The summed E-state index contributed by atoms with van der Waals surface area (Å²) in [6, 6.07) is 4.34. The zero-order valence-electron chi connectivity index (χ0n) is 13.1. The van der Waals surface area contributed by atoms with E-state index in [1.54, 1.807) is 25.2 Å². The van der Waals surface area contributed by atoms with Gasteiger partial charge in [0.1, 0.15) is 5.82 Å². The van der Waals surface area contributed by atoms with Gasteiger partial charge in [-0.25, -0.2) is 4.98 Å². The Morgan fingerprint density at radius 2 is 2.00 bits per heavy atom. The summed E-state index contributed by atoms with van der Waals surface area (Å²) < 4.78 is 0. The molecule has 1 heterocycles. The van der Waals surface area contributed by atoms with Crippen LogP contribution >= 0.6 is 0 Å². The molecule has 1 aliphatic rings. The van der Waals surface area contributed by atoms with Crippen LogP contribution in [-0.4, -0.2) is 49.0 Å². The Balaban J connectivity index is 2.14. The van der Waals surface area contributed by atoms with E-state index in [0.29, 0.717) is 18.2 Å². The van der Waals surface area contributed by atoms with E-state index in [2.05, 4.69) is 9.88 Å². The predicted octanol–water partition coefficient (Wildman–Crippen LogP) is 1.88. The van der Waals surface area contributed by atoms with Crippen molar-refractivity contribution in [2.75, 3.05) is 32.1 Å². The van der Waals surface area contributed by atoms with Gasteiger partial charge in [0, 0.05) is 39.4 Å². The number of hydrogen-bond donors (Lipinski definition) is 1. The van der Waals surface area contributed by atoms with Crippen molar-refractivity contribution in [3.63, 3.8) is 0 Å². The summed E-state index contributed by atoms with van der Waals surface area (Å²) in [5, 5.41) is 0. The van der Waals surface area contributed by atoms with E-state index in [1.165, 1.54) is 32.1 Å². The Labute approximate surface area is 127 Å². The van der Waals surface area contributed by atoms with Gasteiger partial charge in [0.15, 0.2) is 0 Å². The van der Waals surface area contributed by atoms with Crippen molar-refractivity contribution in [3.05, 3.63) is 23.9 Å². The zero-order valence-corrected chi connectivity index (χ0v) is 13.1. The molecule has 116 valence electrons. The maximum absolute atomic E-state index is 11.9. The summed E-state index contributed by atoms with van der Waals surface area (Å²) >= 11 is 0. The average molecular weight is 290 g/mol. The van der Waals surface area contributed by atoms with Crippen molar-refractivity contribution < 1.29 is 4.79 Å². The molecular weight excluding hydrogens is 264 g/mol. The van der Waals surface area contributed by atoms with Gasteiger partial charge in [-0.1, -0.05) is 19.3 Å². The minimum absolute atomic E-state index is 0.0166. The smallest absolute Gasteiger partial charge is 0.254 e. The first-order valence-electron chi connectivity index (χ1n) is 7.78. The lowest BCUT2D eigenvalue weighted by molar-refractivity contribution is 0.0827. The monoisotopic (exact) mass is 290 g/mol. The third-order valence-electron chi connectivity index (χ3n) is 4.08. The molecule has 5 nitrogen and oxygen atoms in total. The topological polar surface area (TPSA) is 62.5 Å². The summed E-state index contributed by atoms with van der Waals surface area (Å²) in [5.74, 6) is 0.916. The summed E-state index contributed by atoms with van der Waals surface area (Å²) in [5.41, 5.74) is 6.39. The second kappa shape index (κ2) is 7.41. The summed E-state index contributed by atoms with van der Waals surface area (Å²) in [6.07, 6.45) is 7.98. The molecule has 0 aliphatic heterocycles. The van der Waals surface area contributed by atoms with Gasteiger partial charge in [0.25, 0.3) is 5.91 Å². The van der Waals surface area contributed by atoms with Crippen LogP contribution in [0.4, 0.5) is 5.82 Å². The molecule has 2 N–H and O–H groups in total. The van der Waals surface area contributed by atoms with Crippen LogP contribution in [-0.2, 0) is 0 Å². The lowest BCUT2D eigenvalue weighted by Crippen LogP contribution is -2.40. The average Bonchev–Trinajstić information content (AvgIpc) is 2.53. The fourth-order valence-electron chi connectivity index (χ4n) is 2.96. The molecular formula is C16H26N4O. The van der Waals surface area contributed by atoms with Crippen LogP contribution in [0, 0.1) is 0 Å². The molecule has 0 unspecified atom stereocenters. The van der Waals surface area contributed by atoms with Crippen LogP contribution in [0.3, 0.4) is 0 Å². The van der Waals surface area contributed by atoms with Crippen LogP contribution < -0.4 is 10.6 Å². The van der Waals surface area contributed by atoms with Crippen LogP contribution in [0.15, 0.2) is 18.3 Å². The summed E-state index contributed by atoms with van der Waals surface area (Å²) in [4.78, 5) is 20.3. The first-order chi connectivity index (χ1) is 10.1. The van der Waals surface area contributed by atoms with Crippen LogP contribution in [0.2, 0.25) is 0 Å². The van der Waals surface area contributed by atoms with Gasteiger partial charge in [-0.3, -0.25) is 4.79 Å². The highest BCUT2D eigenvalue weighted by Gasteiger charge is 2.22. The molecule has 0 aromatic carbocycles. The van der Waals surface area contributed by atoms with Crippen molar-refractivity contribution in [1.82, 2.24) is 9.88 Å². The Hall–Kier alpha value is -1.62. The Kier molecular flexibility index (Phi) is 5.56. The van der Waals surface area contributed by atoms with E-state index in [1.807, 2.05) is 12.1 Å². The molecule has 1 fully saturated rings. The molecule has 0 bridgehead atoms. The molecule has 1 aliphatic carbocycles. The molecule has 1 aromatic rings. The van der Waals surface area contributed by atoms with Crippen LogP contribution in [0.5, 0.6) is 0 Å². The Bertz CT molecular complexity index is 452. The number of pyridine rings is 1. The van der Waals surface area contributed by atoms with E-state index in [0.717, 1.165) is 12.4 Å². The van der Waals surface area contributed by atoms with Gasteiger partial charge in [0.05, 0.1) is 5.56 Å². The van der Waals surface area contributed by atoms with Gasteiger partial charge in [-0.05, 0) is 25.0 Å². The molecule has 0 saturated heterocycles. The molecule has 21 heavy (non-hydrogen) atoms. The molecule has 0 spiro atoms. The second-order valence-electron chi connectivity index (χ2n) is 5.88.